The maximum atomic E-state index is 12.2. The highest BCUT2D eigenvalue weighted by Gasteiger charge is 2.16. The molecule has 7 heteroatoms. The second-order valence-electron chi connectivity index (χ2n) is 5.95. The van der Waals surface area contributed by atoms with Crippen molar-refractivity contribution in [3.05, 3.63) is 41.3 Å². The minimum atomic E-state index is -0.0574. The van der Waals surface area contributed by atoms with Gasteiger partial charge >= 0.3 is 0 Å². The Bertz CT molecular complexity index is 707. The van der Waals surface area contributed by atoms with Crippen LogP contribution in [-0.2, 0) is 22.6 Å². The first kappa shape index (κ1) is 16.4. The van der Waals surface area contributed by atoms with Crippen LogP contribution in [0.5, 0.6) is 0 Å². The van der Waals surface area contributed by atoms with E-state index in [-0.39, 0.29) is 12.5 Å². The Morgan fingerprint density at radius 1 is 1.33 bits per heavy atom. The molecule has 2 aromatic rings. The minimum absolute atomic E-state index is 0.0574. The molecule has 0 atom stereocenters. The fraction of sp³-hybridized carbons (Fsp3) is 0.471. The number of nitrogens with zero attached hydrogens (tertiary/aromatic N) is 4. The summed E-state index contributed by atoms with van der Waals surface area (Å²) in [5.74, 6) is 0.866. The lowest BCUT2D eigenvalue weighted by molar-refractivity contribution is -0.122. The summed E-state index contributed by atoms with van der Waals surface area (Å²) in [5.41, 5.74) is 2.92. The van der Waals surface area contributed by atoms with Crippen LogP contribution in [0.25, 0.3) is 0 Å². The number of ether oxygens (including phenoxy) is 1. The number of hydrogen-bond acceptors (Lipinski definition) is 5. The molecule has 1 amide bonds. The standard InChI is InChI=1S/C17H23N5O2/c1-13-10-14(2)22(20-13)12-16(23)19-11-15-4-3-5-18-17(15)21-6-8-24-9-7-21/h3-5,10H,6-9,11-12H2,1-2H3,(H,19,23). The number of anilines is 1. The lowest BCUT2D eigenvalue weighted by Crippen LogP contribution is -2.38. The molecule has 1 aliphatic heterocycles. The molecule has 3 heterocycles. The largest absolute Gasteiger partial charge is 0.378 e. The summed E-state index contributed by atoms with van der Waals surface area (Å²) in [5, 5.41) is 7.28. The van der Waals surface area contributed by atoms with Crippen LogP contribution >= 0.6 is 0 Å². The first-order valence-electron chi connectivity index (χ1n) is 8.18. The van der Waals surface area contributed by atoms with Crippen LogP contribution < -0.4 is 10.2 Å². The van der Waals surface area contributed by atoms with Crippen LogP contribution in [-0.4, -0.2) is 47.0 Å². The highest BCUT2D eigenvalue weighted by molar-refractivity contribution is 5.75. The third-order valence-corrected chi connectivity index (χ3v) is 4.05. The van der Waals surface area contributed by atoms with E-state index in [0.717, 1.165) is 35.9 Å². The van der Waals surface area contributed by atoms with Crippen LogP contribution in [0, 0.1) is 13.8 Å². The monoisotopic (exact) mass is 329 g/mol. The molecule has 0 saturated carbocycles. The number of rotatable bonds is 5. The fourth-order valence-electron chi connectivity index (χ4n) is 2.85. The number of pyridine rings is 1. The number of aryl methyl sites for hydroxylation is 2. The number of carbonyl (C=O) groups is 1. The Hall–Kier alpha value is -2.41. The van der Waals surface area contributed by atoms with Crippen molar-refractivity contribution in [2.75, 3.05) is 31.2 Å². The summed E-state index contributed by atoms with van der Waals surface area (Å²) in [4.78, 5) is 18.9. The van der Waals surface area contributed by atoms with Gasteiger partial charge in [-0.05, 0) is 26.0 Å². The normalized spacial score (nSPS) is 14.7. The molecule has 2 aromatic heterocycles. The van der Waals surface area contributed by atoms with E-state index in [1.807, 2.05) is 32.0 Å². The summed E-state index contributed by atoms with van der Waals surface area (Å²) in [6.45, 7) is 7.62. The molecule has 3 rings (SSSR count). The summed E-state index contributed by atoms with van der Waals surface area (Å²) in [6, 6.07) is 5.86. The first-order chi connectivity index (χ1) is 11.6. The second-order valence-corrected chi connectivity index (χ2v) is 5.95. The summed E-state index contributed by atoms with van der Waals surface area (Å²) in [6.07, 6.45) is 1.78. The Kier molecular flexibility index (Phi) is 5.10. The quantitative estimate of drug-likeness (QED) is 0.888. The Labute approximate surface area is 141 Å². The molecule has 1 fully saturated rings. The molecule has 7 nitrogen and oxygen atoms in total. The van der Waals surface area contributed by atoms with Crippen molar-refractivity contribution in [2.45, 2.75) is 26.9 Å². The molecule has 0 unspecified atom stereocenters. The highest BCUT2D eigenvalue weighted by Crippen LogP contribution is 2.18. The maximum Gasteiger partial charge on any atom is 0.242 e. The van der Waals surface area contributed by atoms with Gasteiger partial charge in [0.1, 0.15) is 12.4 Å². The zero-order valence-corrected chi connectivity index (χ0v) is 14.2. The van der Waals surface area contributed by atoms with Gasteiger partial charge < -0.3 is 15.0 Å². The van der Waals surface area contributed by atoms with Crippen molar-refractivity contribution in [1.29, 1.82) is 0 Å². The van der Waals surface area contributed by atoms with Gasteiger partial charge in [0.25, 0.3) is 0 Å². The number of nitrogens with one attached hydrogen (secondary N) is 1. The van der Waals surface area contributed by atoms with Crippen molar-refractivity contribution in [1.82, 2.24) is 20.1 Å². The number of hydrogen-bond donors (Lipinski definition) is 1. The van der Waals surface area contributed by atoms with Gasteiger partial charge in [0.2, 0.25) is 5.91 Å². The van der Waals surface area contributed by atoms with Gasteiger partial charge in [-0.1, -0.05) is 6.07 Å². The third-order valence-electron chi connectivity index (χ3n) is 4.05. The lowest BCUT2D eigenvalue weighted by atomic mass is 10.2. The Balaban J connectivity index is 1.62. The molecule has 0 spiro atoms. The van der Waals surface area contributed by atoms with Gasteiger partial charge in [-0.15, -0.1) is 0 Å². The molecule has 0 aliphatic carbocycles. The molecule has 1 N–H and O–H groups in total. The second kappa shape index (κ2) is 7.44. The Morgan fingerprint density at radius 3 is 2.83 bits per heavy atom. The fourth-order valence-corrected chi connectivity index (χ4v) is 2.85. The predicted molar refractivity (Wildman–Crippen MR) is 90.8 cm³/mol. The third kappa shape index (κ3) is 3.91. The zero-order valence-electron chi connectivity index (χ0n) is 14.2. The van der Waals surface area contributed by atoms with E-state index in [4.69, 9.17) is 4.74 Å². The van der Waals surface area contributed by atoms with E-state index in [2.05, 4.69) is 20.3 Å². The van der Waals surface area contributed by atoms with Gasteiger partial charge in [-0.25, -0.2) is 4.98 Å². The molecule has 1 aliphatic rings. The van der Waals surface area contributed by atoms with E-state index in [9.17, 15) is 4.79 Å². The summed E-state index contributed by atoms with van der Waals surface area (Å²) in [7, 11) is 0. The van der Waals surface area contributed by atoms with E-state index < -0.39 is 0 Å². The van der Waals surface area contributed by atoms with Crippen molar-refractivity contribution in [3.8, 4) is 0 Å². The van der Waals surface area contributed by atoms with Gasteiger partial charge in [-0.3, -0.25) is 9.48 Å². The van der Waals surface area contributed by atoms with E-state index in [1.165, 1.54) is 0 Å². The first-order valence-corrected chi connectivity index (χ1v) is 8.18. The summed E-state index contributed by atoms with van der Waals surface area (Å²) < 4.78 is 7.11. The average Bonchev–Trinajstić information content (AvgIpc) is 2.91. The van der Waals surface area contributed by atoms with Crippen LogP contribution in [0.3, 0.4) is 0 Å². The van der Waals surface area contributed by atoms with Gasteiger partial charge in [0.05, 0.1) is 18.9 Å². The molecular formula is C17H23N5O2. The molecule has 0 aromatic carbocycles. The van der Waals surface area contributed by atoms with Crippen molar-refractivity contribution >= 4 is 11.7 Å². The van der Waals surface area contributed by atoms with Crippen LogP contribution in [0.2, 0.25) is 0 Å². The smallest absolute Gasteiger partial charge is 0.242 e. The molecule has 0 radical (unpaired) electrons. The highest BCUT2D eigenvalue weighted by atomic mass is 16.5. The molecular weight excluding hydrogens is 306 g/mol. The molecule has 0 bridgehead atoms. The Morgan fingerprint density at radius 2 is 2.12 bits per heavy atom. The van der Waals surface area contributed by atoms with Crippen molar-refractivity contribution in [3.63, 3.8) is 0 Å². The molecule has 24 heavy (non-hydrogen) atoms. The van der Waals surface area contributed by atoms with Gasteiger partial charge in [-0.2, -0.15) is 5.10 Å². The SMILES string of the molecule is Cc1cc(C)n(CC(=O)NCc2cccnc2N2CCOCC2)n1. The number of aromatic nitrogens is 3. The van der Waals surface area contributed by atoms with Gasteiger partial charge in [0, 0.05) is 37.1 Å². The lowest BCUT2D eigenvalue weighted by Gasteiger charge is -2.29. The topological polar surface area (TPSA) is 72.3 Å². The van der Waals surface area contributed by atoms with Crippen molar-refractivity contribution in [2.24, 2.45) is 0 Å². The minimum Gasteiger partial charge on any atom is -0.378 e. The van der Waals surface area contributed by atoms with E-state index >= 15 is 0 Å². The van der Waals surface area contributed by atoms with Crippen molar-refractivity contribution < 1.29 is 9.53 Å². The van der Waals surface area contributed by atoms with Crippen LogP contribution in [0.4, 0.5) is 5.82 Å². The van der Waals surface area contributed by atoms with Gasteiger partial charge in [0.15, 0.2) is 0 Å². The van der Waals surface area contributed by atoms with E-state index in [1.54, 1.807) is 10.9 Å². The molecule has 128 valence electrons. The predicted octanol–water partition coefficient (Wildman–Crippen LogP) is 1.05. The number of carbonyl (C=O) groups excluding carboxylic acids is 1. The summed E-state index contributed by atoms with van der Waals surface area (Å²) >= 11 is 0. The molecule has 1 saturated heterocycles. The average molecular weight is 329 g/mol. The van der Waals surface area contributed by atoms with Crippen LogP contribution in [0.15, 0.2) is 24.4 Å². The number of amides is 1. The van der Waals surface area contributed by atoms with Crippen LogP contribution in [0.1, 0.15) is 17.0 Å². The maximum absolute atomic E-state index is 12.2. The zero-order chi connectivity index (χ0) is 16.9. The number of morpholine rings is 1. The van der Waals surface area contributed by atoms with E-state index in [0.29, 0.717) is 19.8 Å².